The van der Waals surface area contributed by atoms with Crippen molar-refractivity contribution in [2.75, 3.05) is 0 Å². The van der Waals surface area contributed by atoms with E-state index >= 15 is 0 Å². The van der Waals surface area contributed by atoms with Gasteiger partial charge in [-0.2, -0.15) is 10.2 Å². The predicted octanol–water partition coefficient (Wildman–Crippen LogP) is 3.60. The summed E-state index contributed by atoms with van der Waals surface area (Å²) in [6.45, 7) is 3.84. The van der Waals surface area contributed by atoms with Crippen LogP contribution in [-0.2, 0) is 12.8 Å². The molecule has 0 aliphatic rings. The van der Waals surface area contributed by atoms with Crippen molar-refractivity contribution in [1.29, 1.82) is 0 Å². The topological polar surface area (TPSA) is 42.9 Å². The molecule has 0 fully saturated rings. The maximum atomic E-state index is 12.3. The lowest BCUT2D eigenvalue weighted by atomic mass is 10.0. The molecule has 0 atom stereocenters. The average Bonchev–Trinajstić information content (AvgIpc) is 2.74. The zero-order valence-corrected chi connectivity index (χ0v) is 12.6. The van der Waals surface area contributed by atoms with Gasteiger partial charge in [0.2, 0.25) is 0 Å². The van der Waals surface area contributed by atoms with Crippen LogP contribution >= 0.6 is 27.3 Å². The second-order valence-corrected chi connectivity index (χ2v) is 6.55. The number of carbonyl (C=O) groups excluding carboxylic acids is 1. The summed E-state index contributed by atoms with van der Waals surface area (Å²) >= 11 is 4.99. The SMILES string of the molecule is CCc1nnc(C)cc1C(=O)Cc1ccc(Br)s1. The number of halogens is 1. The molecule has 94 valence electrons. The Morgan fingerprint density at radius 2 is 2.17 bits per heavy atom. The molecular weight excluding hydrogens is 312 g/mol. The van der Waals surface area contributed by atoms with Gasteiger partial charge < -0.3 is 0 Å². The highest BCUT2D eigenvalue weighted by Gasteiger charge is 2.14. The largest absolute Gasteiger partial charge is 0.294 e. The van der Waals surface area contributed by atoms with Crippen molar-refractivity contribution in [3.05, 3.63) is 43.8 Å². The molecule has 0 aromatic carbocycles. The van der Waals surface area contributed by atoms with E-state index in [1.807, 2.05) is 32.0 Å². The smallest absolute Gasteiger partial charge is 0.170 e. The van der Waals surface area contributed by atoms with E-state index in [1.54, 1.807) is 11.3 Å². The molecule has 3 nitrogen and oxygen atoms in total. The van der Waals surface area contributed by atoms with Crippen LogP contribution in [0.25, 0.3) is 0 Å². The summed E-state index contributed by atoms with van der Waals surface area (Å²) < 4.78 is 1.05. The molecule has 0 aliphatic carbocycles. The first kappa shape index (κ1) is 13.4. The third-order valence-electron chi connectivity index (χ3n) is 2.59. The van der Waals surface area contributed by atoms with Crippen LogP contribution in [0.2, 0.25) is 0 Å². The lowest BCUT2D eigenvalue weighted by Gasteiger charge is -2.05. The number of aromatic nitrogens is 2. The van der Waals surface area contributed by atoms with Crippen LogP contribution in [0.15, 0.2) is 22.0 Å². The van der Waals surface area contributed by atoms with E-state index < -0.39 is 0 Å². The molecular formula is C13H13BrN2OS. The number of hydrogen-bond acceptors (Lipinski definition) is 4. The summed E-state index contributed by atoms with van der Waals surface area (Å²) in [6.07, 6.45) is 1.15. The average molecular weight is 325 g/mol. The lowest BCUT2D eigenvalue weighted by Crippen LogP contribution is -2.09. The highest BCUT2D eigenvalue weighted by atomic mass is 79.9. The Labute approximate surface area is 118 Å². The Kier molecular flexibility index (Phi) is 4.24. The van der Waals surface area contributed by atoms with Gasteiger partial charge in [0.15, 0.2) is 5.78 Å². The second kappa shape index (κ2) is 5.71. The van der Waals surface area contributed by atoms with Gasteiger partial charge in [-0.25, -0.2) is 0 Å². The third kappa shape index (κ3) is 3.03. The van der Waals surface area contributed by atoms with Gasteiger partial charge in [-0.3, -0.25) is 4.79 Å². The van der Waals surface area contributed by atoms with Gasteiger partial charge >= 0.3 is 0 Å². The summed E-state index contributed by atoms with van der Waals surface area (Å²) in [4.78, 5) is 13.3. The highest BCUT2D eigenvalue weighted by Crippen LogP contribution is 2.23. The Balaban J connectivity index is 2.25. The molecule has 0 saturated carbocycles. The van der Waals surface area contributed by atoms with Crippen LogP contribution in [-0.4, -0.2) is 16.0 Å². The van der Waals surface area contributed by atoms with Crippen LogP contribution in [0.4, 0.5) is 0 Å². The highest BCUT2D eigenvalue weighted by molar-refractivity contribution is 9.11. The predicted molar refractivity (Wildman–Crippen MR) is 76.2 cm³/mol. The van der Waals surface area contributed by atoms with Gasteiger partial charge in [0.1, 0.15) is 0 Å². The van der Waals surface area contributed by atoms with Gasteiger partial charge in [0.05, 0.1) is 15.2 Å². The summed E-state index contributed by atoms with van der Waals surface area (Å²) in [5.41, 5.74) is 2.26. The molecule has 2 heterocycles. The number of Topliss-reactive ketones (excluding diaryl/α,β-unsaturated/α-hetero) is 1. The first-order chi connectivity index (χ1) is 8.60. The van der Waals surface area contributed by atoms with E-state index in [-0.39, 0.29) is 5.78 Å². The van der Waals surface area contributed by atoms with Gasteiger partial charge in [-0.15, -0.1) is 11.3 Å². The first-order valence-corrected chi connectivity index (χ1v) is 7.31. The monoisotopic (exact) mass is 324 g/mol. The van der Waals surface area contributed by atoms with Gasteiger partial charge in [-0.1, -0.05) is 6.92 Å². The van der Waals surface area contributed by atoms with Crippen LogP contribution in [0.1, 0.15) is 33.5 Å². The molecule has 18 heavy (non-hydrogen) atoms. The van der Waals surface area contributed by atoms with E-state index in [2.05, 4.69) is 26.1 Å². The van der Waals surface area contributed by atoms with Crippen molar-refractivity contribution in [1.82, 2.24) is 10.2 Å². The number of carbonyl (C=O) groups is 1. The molecule has 2 aromatic rings. The maximum absolute atomic E-state index is 12.3. The van der Waals surface area contributed by atoms with Crippen molar-refractivity contribution >= 4 is 33.0 Å². The van der Waals surface area contributed by atoms with Gasteiger partial charge in [-0.05, 0) is 47.5 Å². The molecule has 0 bridgehead atoms. The van der Waals surface area contributed by atoms with E-state index in [0.717, 1.165) is 26.5 Å². The standard InChI is InChI=1S/C13H13BrN2OS/c1-3-11-10(6-8(2)15-16-11)12(17)7-9-4-5-13(14)18-9/h4-6H,3,7H2,1-2H3. The minimum atomic E-state index is 0.110. The molecule has 2 rings (SSSR count). The van der Waals surface area contributed by atoms with Crippen molar-refractivity contribution < 1.29 is 4.79 Å². The Bertz CT molecular complexity index is 580. The fraction of sp³-hybridized carbons (Fsp3) is 0.308. The molecule has 0 unspecified atom stereocenters. The van der Waals surface area contributed by atoms with E-state index in [0.29, 0.717) is 12.0 Å². The maximum Gasteiger partial charge on any atom is 0.170 e. The number of thiophene rings is 1. The van der Waals surface area contributed by atoms with Crippen molar-refractivity contribution in [3.63, 3.8) is 0 Å². The van der Waals surface area contributed by atoms with Crippen molar-refractivity contribution in [2.24, 2.45) is 0 Å². The van der Waals surface area contributed by atoms with Crippen LogP contribution in [0.3, 0.4) is 0 Å². The number of aryl methyl sites for hydroxylation is 2. The molecule has 0 spiro atoms. The molecule has 0 saturated heterocycles. The van der Waals surface area contributed by atoms with Crippen LogP contribution in [0.5, 0.6) is 0 Å². The van der Waals surface area contributed by atoms with E-state index in [1.165, 1.54) is 0 Å². The van der Waals surface area contributed by atoms with Crippen molar-refractivity contribution in [2.45, 2.75) is 26.7 Å². The quantitative estimate of drug-likeness (QED) is 0.807. The second-order valence-electron chi connectivity index (χ2n) is 4.01. The summed E-state index contributed by atoms with van der Waals surface area (Å²) in [5, 5.41) is 8.08. The zero-order valence-electron chi connectivity index (χ0n) is 10.2. The fourth-order valence-corrected chi connectivity index (χ4v) is 3.20. The number of nitrogens with zero attached hydrogens (tertiary/aromatic N) is 2. The van der Waals surface area contributed by atoms with Gasteiger partial charge in [0, 0.05) is 16.9 Å². The Morgan fingerprint density at radius 3 is 2.78 bits per heavy atom. The third-order valence-corrected chi connectivity index (χ3v) is 4.22. The molecule has 2 aromatic heterocycles. The fourth-order valence-electron chi connectivity index (χ4n) is 1.72. The number of hydrogen-bond donors (Lipinski definition) is 0. The number of rotatable bonds is 4. The normalized spacial score (nSPS) is 10.6. The zero-order chi connectivity index (χ0) is 13.1. The van der Waals surface area contributed by atoms with Crippen LogP contribution < -0.4 is 0 Å². The van der Waals surface area contributed by atoms with E-state index in [4.69, 9.17) is 0 Å². The minimum Gasteiger partial charge on any atom is -0.294 e. The minimum absolute atomic E-state index is 0.110. The van der Waals surface area contributed by atoms with E-state index in [9.17, 15) is 4.79 Å². The van der Waals surface area contributed by atoms with Crippen molar-refractivity contribution in [3.8, 4) is 0 Å². The Morgan fingerprint density at radius 1 is 1.39 bits per heavy atom. The summed E-state index contributed by atoms with van der Waals surface area (Å²) in [7, 11) is 0. The molecule has 5 heteroatoms. The first-order valence-electron chi connectivity index (χ1n) is 5.70. The molecule has 0 N–H and O–H groups in total. The van der Waals surface area contributed by atoms with Crippen LogP contribution in [0, 0.1) is 6.92 Å². The Hall–Kier alpha value is -1.07. The summed E-state index contributed by atoms with van der Waals surface area (Å²) in [6, 6.07) is 5.76. The molecule has 0 radical (unpaired) electrons. The van der Waals surface area contributed by atoms with Gasteiger partial charge in [0.25, 0.3) is 0 Å². The molecule has 0 aliphatic heterocycles. The lowest BCUT2D eigenvalue weighted by molar-refractivity contribution is 0.0992. The summed E-state index contributed by atoms with van der Waals surface area (Å²) in [5.74, 6) is 0.110. The number of ketones is 1. The molecule has 0 amide bonds.